The van der Waals surface area contributed by atoms with Crippen molar-refractivity contribution in [2.45, 2.75) is 52.8 Å². The highest BCUT2D eigenvalue weighted by Crippen LogP contribution is 2.48. The summed E-state index contributed by atoms with van der Waals surface area (Å²) in [5.41, 5.74) is 8.29. The molecule has 0 atom stereocenters. The van der Waals surface area contributed by atoms with E-state index in [2.05, 4.69) is 14.9 Å². The van der Waals surface area contributed by atoms with Crippen molar-refractivity contribution < 1.29 is 9.90 Å². The van der Waals surface area contributed by atoms with Crippen LogP contribution in [0.1, 0.15) is 45.8 Å². The number of aryl methyl sites for hydroxylation is 2. The number of aromatic nitrogens is 5. The van der Waals surface area contributed by atoms with E-state index >= 15 is 0 Å². The van der Waals surface area contributed by atoms with Gasteiger partial charge in [0.25, 0.3) is 5.91 Å². The normalized spacial score (nSPS) is 19.1. The zero-order chi connectivity index (χ0) is 26.2. The fraction of sp³-hybridized carbons (Fsp3) is 0.414. The first-order chi connectivity index (χ1) is 18.3. The SMILES string of the molecule is Cc1ccc2nc(-c3ccc(N4CCn5nc(CN6CC7(CC(O)C7)C6)c(C)c5C4=O)c(C)c3)ncc2n1. The van der Waals surface area contributed by atoms with Crippen LogP contribution in [0.3, 0.4) is 0 Å². The Balaban J connectivity index is 1.11. The van der Waals surface area contributed by atoms with Crippen LogP contribution in [-0.4, -0.2) is 66.4 Å². The fourth-order valence-corrected chi connectivity index (χ4v) is 6.52. The molecule has 0 bridgehead atoms. The Bertz CT molecular complexity index is 1600. The fourth-order valence-electron chi connectivity index (χ4n) is 6.52. The lowest BCUT2D eigenvalue weighted by Crippen LogP contribution is -2.63. The van der Waals surface area contributed by atoms with E-state index in [1.807, 2.05) is 60.7 Å². The van der Waals surface area contributed by atoms with E-state index in [0.717, 1.165) is 77.3 Å². The van der Waals surface area contributed by atoms with Crippen LogP contribution >= 0.6 is 0 Å². The highest BCUT2D eigenvalue weighted by atomic mass is 16.3. The lowest BCUT2D eigenvalue weighted by molar-refractivity contribution is -0.131. The summed E-state index contributed by atoms with van der Waals surface area (Å²) in [6, 6.07) is 9.95. The van der Waals surface area contributed by atoms with Gasteiger partial charge in [0.15, 0.2) is 5.82 Å². The largest absolute Gasteiger partial charge is 0.393 e. The van der Waals surface area contributed by atoms with Crippen molar-refractivity contribution >= 4 is 22.6 Å². The number of carbonyl (C=O) groups excluding carboxylic acids is 1. The molecule has 9 heteroatoms. The van der Waals surface area contributed by atoms with Gasteiger partial charge in [0.2, 0.25) is 0 Å². The zero-order valence-corrected chi connectivity index (χ0v) is 22.0. The molecule has 1 N–H and O–H groups in total. The molecule has 1 aliphatic carbocycles. The molecule has 1 saturated heterocycles. The second kappa shape index (κ2) is 8.41. The summed E-state index contributed by atoms with van der Waals surface area (Å²) in [6.07, 6.45) is 3.47. The number of pyridine rings is 1. The van der Waals surface area contributed by atoms with E-state index < -0.39 is 0 Å². The van der Waals surface area contributed by atoms with Gasteiger partial charge in [0.1, 0.15) is 11.2 Å². The number of anilines is 1. The number of hydrogen-bond donors (Lipinski definition) is 1. The number of aliphatic hydroxyl groups excluding tert-OH is 1. The molecular weight excluding hydrogens is 478 g/mol. The highest BCUT2D eigenvalue weighted by molar-refractivity contribution is 6.07. The third-order valence-electron chi connectivity index (χ3n) is 8.42. The van der Waals surface area contributed by atoms with Gasteiger partial charge in [-0.05, 0) is 69.5 Å². The van der Waals surface area contributed by atoms with Gasteiger partial charge < -0.3 is 10.0 Å². The third-order valence-corrected chi connectivity index (χ3v) is 8.42. The molecule has 38 heavy (non-hydrogen) atoms. The molecule has 3 aromatic heterocycles. The number of rotatable bonds is 4. The minimum Gasteiger partial charge on any atom is -0.393 e. The van der Waals surface area contributed by atoms with Gasteiger partial charge in [-0.3, -0.25) is 14.4 Å². The summed E-state index contributed by atoms with van der Waals surface area (Å²) in [5.74, 6) is 0.638. The van der Waals surface area contributed by atoms with Crippen molar-refractivity contribution in [3.63, 3.8) is 0 Å². The van der Waals surface area contributed by atoms with Crippen molar-refractivity contribution in [2.24, 2.45) is 5.41 Å². The lowest BCUT2D eigenvalue weighted by atomic mass is 9.62. The number of amides is 1. The third kappa shape index (κ3) is 3.72. The quantitative estimate of drug-likeness (QED) is 0.450. The van der Waals surface area contributed by atoms with Crippen molar-refractivity contribution in [1.29, 1.82) is 0 Å². The van der Waals surface area contributed by atoms with Gasteiger partial charge in [-0.25, -0.2) is 15.0 Å². The van der Waals surface area contributed by atoms with E-state index in [1.54, 1.807) is 6.20 Å². The number of hydrogen-bond acceptors (Lipinski definition) is 7. The average Bonchev–Trinajstić information content (AvgIpc) is 3.17. The predicted octanol–water partition coefficient (Wildman–Crippen LogP) is 3.43. The summed E-state index contributed by atoms with van der Waals surface area (Å²) < 4.78 is 1.88. The molecule has 1 saturated carbocycles. The Hall–Kier alpha value is -3.69. The van der Waals surface area contributed by atoms with Crippen LogP contribution in [0.2, 0.25) is 0 Å². The smallest absolute Gasteiger partial charge is 0.276 e. The maximum atomic E-state index is 13.7. The second-order valence-electron chi connectivity index (χ2n) is 11.4. The molecule has 2 aliphatic heterocycles. The number of nitrogens with zero attached hydrogens (tertiary/aromatic N) is 7. The predicted molar refractivity (Wildman–Crippen MR) is 144 cm³/mol. The molecular formula is C29H31N7O2. The van der Waals surface area contributed by atoms with Gasteiger partial charge in [-0.1, -0.05) is 0 Å². The molecule has 4 aromatic rings. The molecule has 194 valence electrons. The molecule has 1 amide bonds. The van der Waals surface area contributed by atoms with Gasteiger partial charge in [0.05, 0.1) is 30.1 Å². The Kier molecular flexibility index (Phi) is 5.18. The topological polar surface area (TPSA) is 100 Å². The Labute approximate surface area is 221 Å². The molecule has 5 heterocycles. The van der Waals surface area contributed by atoms with E-state index in [1.165, 1.54) is 0 Å². The van der Waals surface area contributed by atoms with E-state index in [0.29, 0.717) is 30.0 Å². The molecule has 2 fully saturated rings. The molecule has 9 nitrogen and oxygen atoms in total. The molecule has 0 radical (unpaired) electrons. The first kappa shape index (κ1) is 23.4. The van der Waals surface area contributed by atoms with Crippen LogP contribution in [0.5, 0.6) is 0 Å². The highest BCUT2D eigenvalue weighted by Gasteiger charge is 2.51. The summed E-state index contributed by atoms with van der Waals surface area (Å²) in [7, 11) is 0. The summed E-state index contributed by atoms with van der Waals surface area (Å²) in [6.45, 7) is 10.0. The standard InChI is InChI=1S/C29H31N7O2/c1-17-10-20(27-30-13-23-22(32-27)6-4-18(2)31-23)5-7-25(17)35-8-9-36-26(28(35)38)19(3)24(33-36)14-34-15-29(16-34)11-21(37)12-29/h4-7,10,13,21,37H,8-9,11-12,14-16H2,1-3H3. The Morgan fingerprint density at radius 1 is 1.03 bits per heavy atom. The van der Waals surface area contributed by atoms with Crippen LogP contribution < -0.4 is 4.90 Å². The first-order valence-electron chi connectivity index (χ1n) is 13.3. The van der Waals surface area contributed by atoms with Crippen LogP contribution in [0, 0.1) is 26.2 Å². The van der Waals surface area contributed by atoms with Gasteiger partial charge >= 0.3 is 0 Å². The van der Waals surface area contributed by atoms with Crippen molar-refractivity contribution in [3.05, 3.63) is 64.7 Å². The molecule has 7 rings (SSSR count). The van der Waals surface area contributed by atoms with E-state index in [9.17, 15) is 9.90 Å². The first-order valence-corrected chi connectivity index (χ1v) is 13.3. The monoisotopic (exact) mass is 509 g/mol. The van der Waals surface area contributed by atoms with Crippen molar-refractivity contribution in [2.75, 3.05) is 24.5 Å². The number of fused-ring (bicyclic) bond motifs is 2. The minimum atomic E-state index is -0.123. The maximum absolute atomic E-state index is 13.7. The van der Waals surface area contributed by atoms with E-state index in [-0.39, 0.29) is 12.0 Å². The van der Waals surface area contributed by atoms with Crippen molar-refractivity contribution in [3.8, 4) is 11.4 Å². The van der Waals surface area contributed by atoms with Gasteiger partial charge in [-0.2, -0.15) is 5.10 Å². The molecule has 0 unspecified atom stereocenters. The summed E-state index contributed by atoms with van der Waals surface area (Å²) in [5, 5.41) is 14.5. The number of carbonyl (C=O) groups is 1. The maximum Gasteiger partial charge on any atom is 0.276 e. The minimum absolute atomic E-state index is 0.00561. The van der Waals surface area contributed by atoms with Crippen LogP contribution in [0.15, 0.2) is 36.5 Å². The van der Waals surface area contributed by atoms with Crippen LogP contribution in [0.4, 0.5) is 5.69 Å². The second-order valence-corrected chi connectivity index (χ2v) is 11.4. The van der Waals surface area contributed by atoms with Gasteiger partial charge in [0, 0.05) is 54.1 Å². The molecule has 1 spiro atoms. The lowest BCUT2D eigenvalue weighted by Gasteiger charge is -2.57. The van der Waals surface area contributed by atoms with Crippen LogP contribution in [-0.2, 0) is 13.1 Å². The average molecular weight is 510 g/mol. The van der Waals surface area contributed by atoms with E-state index in [4.69, 9.17) is 10.1 Å². The number of aliphatic hydroxyl groups is 1. The van der Waals surface area contributed by atoms with Crippen LogP contribution in [0.25, 0.3) is 22.4 Å². The Morgan fingerprint density at radius 3 is 2.61 bits per heavy atom. The molecule has 1 aromatic carbocycles. The van der Waals surface area contributed by atoms with Crippen molar-refractivity contribution in [1.82, 2.24) is 29.6 Å². The molecule has 3 aliphatic rings. The number of benzene rings is 1. The number of likely N-dealkylation sites (tertiary alicyclic amines) is 1. The Morgan fingerprint density at radius 2 is 1.84 bits per heavy atom. The summed E-state index contributed by atoms with van der Waals surface area (Å²) >= 11 is 0. The summed E-state index contributed by atoms with van der Waals surface area (Å²) in [4.78, 5) is 31.7. The van der Waals surface area contributed by atoms with Gasteiger partial charge in [-0.15, -0.1) is 0 Å². The zero-order valence-electron chi connectivity index (χ0n) is 22.0.